The van der Waals surface area contributed by atoms with Crippen LogP contribution >= 0.6 is 0 Å². The first-order valence-corrected chi connectivity index (χ1v) is 7.83. The lowest BCUT2D eigenvalue weighted by molar-refractivity contribution is -0.131. The molecule has 1 atom stereocenters. The van der Waals surface area contributed by atoms with Crippen LogP contribution in [0, 0.1) is 5.82 Å². The summed E-state index contributed by atoms with van der Waals surface area (Å²) in [5.74, 6) is -0.459. The maximum atomic E-state index is 13.2. The lowest BCUT2D eigenvalue weighted by Crippen LogP contribution is -2.36. The Labute approximate surface area is 139 Å². The molecule has 3 rings (SSSR count). The van der Waals surface area contributed by atoms with Gasteiger partial charge in [0, 0.05) is 31.8 Å². The van der Waals surface area contributed by atoms with Gasteiger partial charge in [0.2, 0.25) is 6.10 Å². The summed E-state index contributed by atoms with van der Waals surface area (Å²) in [5.41, 5.74) is 2.67. The zero-order chi connectivity index (χ0) is 16.8. The number of rotatable bonds is 6. The van der Waals surface area contributed by atoms with Crippen molar-refractivity contribution in [2.24, 2.45) is 5.16 Å². The summed E-state index contributed by atoms with van der Waals surface area (Å²) in [6, 6.07) is 10.2. The van der Waals surface area contributed by atoms with E-state index in [9.17, 15) is 9.18 Å². The predicted molar refractivity (Wildman–Crippen MR) is 88.0 cm³/mol. The molecule has 5 nitrogen and oxygen atoms in total. The van der Waals surface area contributed by atoms with Gasteiger partial charge < -0.3 is 10.2 Å². The molecule has 0 saturated heterocycles. The van der Waals surface area contributed by atoms with Crippen LogP contribution in [0.1, 0.15) is 17.5 Å². The number of nitrogens with one attached hydrogen (secondary N) is 1. The lowest BCUT2D eigenvalue weighted by Gasteiger charge is -2.09. The summed E-state index contributed by atoms with van der Waals surface area (Å²) in [6.07, 6.45) is 4.49. The van der Waals surface area contributed by atoms with E-state index >= 15 is 0 Å². The second kappa shape index (κ2) is 7.68. The van der Waals surface area contributed by atoms with Crippen LogP contribution in [0.5, 0.6) is 0 Å². The molecule has 2 heterocycles. The topological polar surface area (TPSA) is 63.6 Å². The molecule has 1 aromatic heterocycles. The highest BCUT2D eigenvalue weighted by molar-refractivity contribution is 5.93. The molecule has 6 heteroatoms. The number of halogens is 1. The second-order valence-corrected chi connectivity index (χ2v) is 5.66. The summed E-state index contributed by atoms with van der Waals surface area (Å²) >= 11 is 0. The fourth-order valence-electron chi connectivity index (χ4n) is 2.55. The van der Waals surface area contributed by atoms with Crippen LogP contribution < -0.4 is 5.32 Å². The Morgan fingerprint density at radius 3 is 2.88 bits per heavy atom. The quantitative estimate of drug-likeness (QED) is 0.885. The van der Waals surface area contributed by atoms with Crippen LogP contribution in [0.4, 0.5) is 4.39 Å². The number of carbonyl (C=O) groups excluding carboxylic acids is 1. The Kier molecular flexibility index (Phi) is 5.15. The number of hydrogen-bond donors (Lipinski definition) is 1. The molecule has 1 unspecified atom stereocenters. The van der Waals surface area contributed by atoms with Gasteiger partial charge in [0.1, 0.15) is 5.82 Å². The first-order chi connectivity index (χ1) is 11.7. The van der Waals surface area contributed by atoms with Gasteiger partial charge in [-0.1, -0.05) is 17.3 Å². The molecule has 0 saturated carbocycles. The summed E-state index contributed by atoms with van der Waals surface area (Å²) in [6.45, 7) is 0.530. The third-order valence-corrected chi connectivity index (χ3v) is 3.78. The monoisotopic (exact) mass is 327 g/mol. The highest BCUT2D eigenvalue weighted by Crippen LogP contribution is 2.15. The molecule has 2 aromatic rings. The molecule has 1 aliphatic heterocycles. The first kappa shape index (κ1) is 16.1. The molecule has 0 aliphatic carbocycles. The first-order valence-electron chi connectivity index (χ1n) is 7.83. The Hall–Kier alpha value is -2.76. The van der Waals surface area contributed by atoms with E-state index in [1.807, 2.05) is 18.2 Å². The molecule has 1 aromatic carbocycles. The number of amides is 1. The van der Waals surface area contributed by atoms with Gasteiger partial charge in [-0.2, -0.15) is 0 Å². The smallest absolute Gasteiger partial charge is 0.264 e. The molecule has 1 N–H and O–H groups in total. The van der Waals surface area contributed by atoms with Crippen molar-refractivity contribution in [2.45, 2.75) is 25.4 Å². The molecule has 1 amide bonds. The SMILES string of the molecule is O=C(NCCc1ccncc1)C1CC(Cc2cccc(F)c2)=NO1. The molecule has 0 spiro atoms. The van der Waals surface area contributed by atoms with Crippen molar-refractivity contribution < 1.29 is 14.0 Å². The van der Waals surface area contributed by atoms with Crippen LogP contribution in [0.2, 0.25) is 0 Å². The number of benzene rings is 1. The maximum Gasteiger partial charge on any atom is 0.264 e. The van der Waals surface area contributed by atoms with E-state index < -0.39 is 6.10 Å². The average Bonchev–Trinajstić information content (AvgIpc) is 3.04. The van der Waals surface area contributed by atoms with Gasteiger partial charge in [0.25, 0.3) is 5.91 Å². The second-order valence-electron chi connectivity index (χ2n) is 5.66. The molecular weight excluding hydrogens is 309 g/mol. The molecular formula is C18H18FN3O2. The largest absolute Gasteiger partial charge is 0.382 e. The van der Waals surface area contributed by atoms with E-state index in [0.717, 1.165) is 23.3 Å². The highest BCUT2D eigenvalue weighted by Gasteiger charge is 2.27. The van der Waals surface area contributed by atoms with Crippen molar-refractivity contribution in [1.82, 2.24) is 10.3 Å². The molecule has 0 fully saturated rings. The summed E-state index contributed by atoms with van der Waals surface area (Å²) < 4.78 is 13.2. The van der Waals surface area contributed by atoms with E-state index in [1.54, 1.807) is 18.5 Å². The van der Waals surface area contributed by atoms with Crippen LogP contribution in [0.25, 0.3) is 0 Å². The Morgan fingerprint density at radius 2 is 2.08 bits per heavy atom. The average molecular weight is 327 g/mol. The van der Waals surface area contributed by atoms with Crippen molar-refractivity contribution in [2.75, 3.05) is 6.54 Å². The van der Waals surface area contributed by atoms with E-state index in [2.05, 4.69) is 15.5 Å². The fourth-order valence-corrected chi connectivity index (χ4v) is 2.55. The van der Waals surface area contributed by atoms with Gasteiger partial charge >= 0.3 is 0 Å². The maximum absolute atomic E-state index is 13.2. The number of oxime groups is 1. The van der Waals surface area contributed by atoms with Crippen LogP contribution in [-0.4, -0.2) is 29.3 Å². The Morgan fingerprint density at radius 1 is 1.25 bits per heavy atom. The van der Waals surface area contributed by atoms with Gasteiger partial charge in [0.15, 0.2) is 0 Å². The van der Waals surface area contributed by atoms with Crippen LogP contribution in [-0.2, 0) is 22.5 Å². The van der Waals surface area contributed by atoms with E-state index in [1.165, 1.54) is 12.1 Å². The van der Waals surface area contributed by atoms with Gasteiger partial charge in [-0.05, 0) is 41.8 Å². The number of pyridine rings is 1. The van der Waals surface area contributed by atoms with Crippen LogP contribution in [0.3, 0.4) is 0 Å². The van der Waals surface area contributed by atoms with Gasteiger partial charge in [-0.3, -0.25) is 9.78 Å². The minimum absolute atomic E-state index is 0.179. The van der Waals surface area contributed by atoms with Crippen molar-refractivity contribution in [3.63, 3.8) is 0 Å². The molecule has 24 heavy (non-hydrogen) atoms. The fraction of sp³-hybridized carbons (Fsp3) is 0.278. The van der Waals surface area contributed by atoms with Crippen molar-refractivity contribution in [3.8, 4) is 0 Å². The van der Waals surface area contributed by atoms with Gasteiger partial charge in [-0.25, -0.2) is 4.39 Å². The zero-order valence-corrected chi connectivity index (χ0v) is 13.1. The zero-order valence-electron chi connectivity index (χ0n) is 13.1. The van der Waals surface area contributed by atoms with E-state index in [4.69, 9.17) is 4.84 Å². The third-order valence-electron chi connectivity index (χ3n) is 3.78. The molecule has 0 bridgehead atoms. The molecule has 1 aliphatic rings. The molecule has 0 radical (unpaired) electrons. The van der Waals surface area contributed by atoms with E-state index in [0.29, 0.717) is 19.4 Å². The number of aromatic nitrogens is 1. The molecule has 124 valence electrons. The van der Waals surface area contributed by atoms with Crippen molar-refractivity contribution in [1.29, 1.82) is 0 Å². The van der Waals surface area contributed by atoms with Crippen LogP contribution in [0.15, 0.2) is 53.9 Å². The van der Waals surface area contributed by atoms with Gasteiger partial charge in [0.05, 0.1) is 5.71 Å². The predicted octanol–water partition coefficient (Wildman–Crippen LogP) is 2.27. The summed E-state index contributed by atoms with van der Waals surface area (Å²) in [5, 5.41) is 6.80. The van der Waals surface area contributed by atoms with Gasteiger partial charge in [-0.15, -0.1) is 0 Å². The van der Waals surface area contributed by atoms with E-state index in [-0.39, 0.29) is 11.7 Å². The number of nitrogens with zero attached hydrogens (tertiary/aromatic N) is 2. The minimum Gasteiger partial charge on any atom is -0.382 e. The highest BCUT2D eigenvalue weighted by atomic mass is 19.1. The summed E-state index contributed by atoms with van der Waals surface area (Å²) in [4.78, 5) is 21.3. The Bertz CT molecular complexity index is 734. The Balaban J connectivity index is 1.43. The normalized spacial score (nSPS) is 16.4. The number of hydrogen-bond acceptors (Lipinski definition) is 4. The van der Waals surface area contributed by atoms with Crippen molar-refractivity contribution in [3.05, 3.63) is 65.7 Å². The summed E-state index contributed by atoms with van der Waals surface area (Å²) in [7, 11) is 0. The minimum atomic E-state index is -0.606. The number of carbonyl (C=O) groups is 1. The standard InChI is InChI=1S/C18H18FN3O2/c19-15-3-1-2-14(10-15)11-16-12-17(24-22-16)18(23)21-9-6-13-4-7-20-8-5-13/h1-5,7-8,10,17H,6,9,11-12H2,(H,21,23). The third kappa shape index (κ3) is 4.38. The lowest BCUT2D eigenvalue weighted by atomic mass is 10.0. The van der Waals surface area contributed by atoms with Crippen molar-refractivity contribution >= 4 is 11.6 Å².